The van der Waals surface area contributed by atoms with Gasteiger partial charge in [0.2, 0.25) is 11.8 Å². The molecule has 2 amide bonds. The van der Waals surface area contributed by atoms with E-state index in [1.165, 1.54) is 4.88 Å². The average Bonchev–Trinajstić information content (AvgIpc) is 3.05. The van der Waals surface area contributed by atoms with Crippen molar-refractivity contribution in [1.82, 2.24) is 5.32 Å². The Morgan fingerprint density at radius 3 is 2.48 bits per heavy atom. The van der Waals surface area contributed by atoms with E-state index in [9.17, 15) is 9.59 Å². The number of amides is 2. The number of anilines is 1. The molecule has 0 aliphatic heterocycles. The molecule has 5 heteroatoms. The lowest BCUT2D eigenvalue weighted by atomic mass is 10.1. The van der Waals surface area contributed by atoms with Crippen LogP contribution in [-0.2, 0) is 22.6 Å². The fourth-order valence-electron chi connectivity index (χ4n) is 1.97. The first kappa shape index (κ1) is 17.2. The molecule has 122 valence electrons. The summed E-state index contributed by atoms with van der Waals surface area (Å²) >= 11 is 1.67. The zero-order valence-electron chi connectivity index (χ0n) is 13.5. The Hall–Kier alpha value is -2.14. The number of nitrogens with one attached hydrogen (secondary N) is 2. The third kappa shape index (κ3) is 5.87. The summed E-state index contributed by atoms with van der Waals surface area (Å²) in [5, 5.41) is 7.78. The van der Waals surface area contributed by atoms with E-state index in [0.717, 1.165) is 17.7 Å². The Morgan fingerprint density at radius 1 is 1.13 bits per heavy atom. The van der Waals surface area contributed by atoms with E-state index >= 15 is 0 Å². The van der Waals surface area contributed by atoms with E-state index in [1.807, 2.05) is 55.6 Å². The summed E-state index contributed by atoms with van der Waals surface area (Å²) in [7, 11) is 0. The number of benzene rings is 1. The van der Waals surface area contributed by atoms with E-state index in [2.05, 4.69) is 10.6 Å². The number of hydrogen-bond donors (Lipinski definition) is 2. The number of carbonyl (C=O) groups excluding carboxylic acids is 2. The lowest BCUT2D eigenvalue weighted by Gasteiger charge is -2.09. The smallest absolute Gasteiger partial charge is 0.226 e. The highest BCUT2D eigenvalue weighted by Crippen LogP contribution is 2.12. The molecule has 0 bridgehead atoms. The summed E-state index contributed by atoms with van der Waals surface area (Å²) in [6.45, 7) is 4.21. The molecule has 0 unspecified atom stereocenters. The van der Waals surface area contributed by atoms with Gasteiger partial charge in [0.1, 0.15) is 0 Å². The Morgan fingerprint density at radius 2 is 1.87 bits per heavy atom. The Labute approximate surface area is 140 Å². The van der Waals surface area contributed by atoms with Crippen LogP contribution in [0.25, 0.3) is 0 Å². The Kier molecular flexibility index (Phi) is 6.35. The second-order valence-electron chi connectivity index (χ2n) is 5.70. The lowest BCUT2D eigenvalue weighted by molar-refractivity contribution is -0.121. The molecule has 0 fully saturated rings. The van der Waals surface area contributed by atoms with Gasteiger partial charge in [-0.1, -0.05) is 32.0 Å². The van der Waals surface area contributed by atoms with Gasteiger partial charge in [-0.3, -0.25) is 9.59 Å². The summed E-state index contributed by atoms with van der Waals surface area (Å²) in [6.07, 6.45) is 1.28. The highest BCUT2D eigenvalue weighted by molar-refractivity contribution is 7.09. The third-order valence-electron chi connectivity index (χ3n) is 3.41. The highest BCUT2D eigenvalue weighted by atomic mass is 32.1. The normalized spacial score (nSPS) is 10.6. The van der Waals surface area contributed by atoms with Gasteiger partial charge in [0.05, 0.1) is 0 Å². The fourth-order valence-corrected chi connectivity index (χ4v) is 2.68. The van der Waals surface area contributed by atoms with Crippen molar-refractivity contribution in [1.29, 1.82) is 0 Å². The van der Waals surface area contributed by atoms with Gasteiger partial charge in [-0.2, -0.15) is 0 Å². The van der Waals surface area contributed by atoms with Crippen molar-refractivity contribution in [2.75, 3.05) is 5.32 Å². The van der Waals surface area contributed by atoms with Crippen LogP contribution in [0.5, 0.6) is 0 Å². The molecule has 0 atom stereocenters. The van der Waals surface area contributed by atoms with Crippen LogP contribution in [0.4, 0.5) is 5.69 Å². The van der Waals surface area contributed by atoms with E-state index in [1.54, 1.807) is 11.3 Å². The summed E-state index contributed by atoms with van der Waals surface area (Å²) in [4.78, 5) is 24.7. The maximum Gasteiger partial charge on any atom is 0.226 e. The molecule has 2 aromatic rings. The largest absolute Gasteiger partial charge is 0.352 e. The Balaban J connectivity index is 1.75. The monoisotopic (exact) mass is 330 g/mol. The number of aryl methyl sites for hydroxylation is 1. The third-order valence-corrected chi connectivity index (χ3v) is 4.35. The quantitative estimate of drug-likeness (QED) is 0.815. The van der Waals surface area contributed by atoms with Gasteiger partial charge < -0.3 is 10.6 Å². The van der Waals surface area contributed by atoms with E-state index in [0.29, 0.717) is 13.0 Å². The first-order valence-electron chi connectivity index (χ1n) is 7.73. The number of thiophene rings is 1. The summed E-state index contributed by atoms with van der Waals surface area (Å²) in [5.74, 6) is 0.00697. The van der Waals surface area contributed by atoms with Crippen molar-refractivity contribution in [3.05, 3.63) is 52.2 Å². The molecule has 0 saturated heterocycles. The molecule has 1 aromatic heterocycles. The van der Waals surface area contributed by atoms with Crippen molar-refractivity contribution in [3.63, 3.8) is 0 Å². The van der Waals surface area contributed by atoms with E-state index < -0.39 is 0 Å². The van der Waals surface area contributed by atoms with Crippen LogP contribution in [0.1, 0.15) is 30.7 Å². The van der Waals surface area contributed by atoms with Gasteiger partial charge in [0, 0.05) is 29.4 Å². The zero-order valence-corrected chi connectivity index (χ0v) is 14.3. The first-order chi connectivity index (χ1) is 11.0. The Bertz CT molecular complexity index is 634. The molecule has 2 N–H and O–H groups in total. The first-order valence-corrected chi connectivity index (χ1v) is 8.61. The molecule has 4 nitrogen and oxygen atoms in total. The molecule has 1 heterocycles. The minimum atomic E-state index is -0.0442. The van der Waals surface area contributed by atoms with Gasteiger partial charge in [-0.05, 0) is 35.6 Å². The molecule has 0 radical (unpaired) electrons. The molecular weight excluding hydrogens is 308 g/mol. The second kappa shape index (κ2) is 8.48. The van der Waals surface area contributed by atoms with Crippen molar-refractivity contribution in [2.45, 2.75) is 33.2 Å². The molecule has 0 spiro atoms. The van der Waals surface area contributed by atoms with Crippen molar-refractivity contribution < 1.29 is 9.59 Å². The molecule has 0 aliphatic rings. The summed E-state index contributed by atoms with van der Waals surface area (Å²) < 4.78 is 0. The second-order valence-corrected chi connectivity index (χ2v) is 6.73. The topological polar surface area (TPSA) is 58.2 Å². The minimum absolute atomic E-state index is 0.000343. The molecule has 2 rings (SSSR count). The lowest BCUT2D eigenvalue weighted by Crippen LogP contribution is -2.23. The molecular formula is C18H22N2O2S. The van der Waals surface area contributed by atoms with Gasteiger partial charge in [0.15, 0.2) is 0 Å². The standard InChI is InChI=1S/C18H22N2O2S/c1-13(2)18(22)20-15-7-5-14(6-8-15)12-19-17(21)10-9-16-4-3-11-23-16/h3-8,11,13H,9-10,12H2,1-2H3,(H,19,21)(H,20,22). The average molecular weight is 330 g/mol. The van der Waals surface area contributed by atoms with Crippen LogP contribution in [0.15, 0.2) is 41.8 Å². The predicted molar refractivity (Wildman–Crippen MR) is 94.4 cm³/mol. The van der Waals surface area contributed by atoms with Gasteiger partial charge in [-0.25, -0.2) is 0 Å². The maximum atomic E-state index is 11.8. The van der Waals surface area contributed by atoms with Crippen LogP contribution >= 0.6 is 11.3 Å². The molecule has 1 aromatic carbocycles. The van der Waals surface area contributed by atoms with Gasteiger partial charge in [-0.15, -0.1) is 11.3 Å². The van der Waals surface area contributed by atoms with Crippen molar-refractivity contribution >= 4 is 28.8 Å². The van der Waals surface area contributed by atoms with Gasteiger partial charge >= 0.3 is 0 Å². The fraction of sp³-hybridized carbons (Fsp3) is 0.333. The van der Waals surface area contributed by atoms with Crippen LogP contribution in [0.2, 0.25) is 0 Å². The van der Waals surface area contributed by atoms with Crippen LogP contribution in [0, 0.1) is 5.92 Å². The van der Waals surface area contributed by atoms with E-state index in [4.69, 9.17) is 0 Å². The van der Waals surface area contributed by atoms with Crippen molar-refractivity contribution in [3.8, 4) is 0 Å². The van der Waals surface area contributed by atoms with Crippen molar-refractivity contribution in [2.24, 2.45) is 5.92 Å². The van der Waals surface area contributed by atoms with Crippen LogP contribution in [0.3, 0.4) is 0 Å². The molecule has 0 aliphatic carbocycles. The SMILES string of the molecule is CC(C)C(=O)Nc1ccc(CNC(=O)CCc2cccs2)cc1. The summed E-state index contributed by atoms with van der Waals surface area (Å²) in [6, 6.07) is 11.6. The predicted octanol–water partition coefficient (Wildman–Crippen LogP) is 3.59. The number of rotatable bonds is 7. The highest BCUT2D eigenvalue weighted by Gasteiger charge is 2.07. The number of hydrogen-bond acceptors (Lipinski definition) is 3. The van der Waals surface area contributed by atoms with Crippen LogP contribution < -0.4 is 10.6 Å². The zero-order chi connectivity index (χ0) is 16.7. The van der Waals surface area contributed by atoms with Gasteiger partial charge in [0.25, 0.3) is 0 Å². The molecule has 0 saturated carbocycles. The van der Waals surface area contributed by atoms with Crippen LogP contribution in [-0.4, -0.2) is 11.8 Å². The minimum Gasteiger partial charge on any atom is -0.352 e. The molecule has 23 heavy (non-hydrogen) atoms. The number of carbonyl (C=O) groups is 2. The summed E-state index contributed by atoms with van der Waals surface area (Å²) in [5.41, 5.74) is 1.79. The maximum absolute atomic E-state index is 11.8. The van der Waals surface area contributed by atoms with E-state index in [-0.39, 0.29) is 17.7 Å².